The Bertz CT molecular complexity index is 869. The highest BCUT2D eigenvalue weighted by Crippen LogP contribution is 2.22. The molecule has 27 heavy (non-hydrogen) atoms. The first-order valence-electron chi connectivity index (χ1n) is 9.10. The number of aromatic nitrogens is 2. The van der Waals surface area contributed by atoms with E-state index in [2.05, 4.69) is 34.4 Å². The van der Waals surface area contributed by atoms with Crippen LogP contribution in [0.2, 0.25) is 0 Å². The predicted octanol–water partition coefficient (Wildman–Crippen LogP) is 3.65. The van der Waals surface area contributed by atoms with Gasteiger partial charge in [-0.25, -0.2) is 4.98 Å². The summed E-state index contributed by atoms with van der Waals surface area (Å²) in [5.74, 6) is 0.839. The van der Waals surface area contributed by atoms with E-state index in [1.54, 1.807) is 6.07 Å². The first kappa shape index (κ1) is 19.1. The van der Waals surface area contributed by atoms with Crippen LogP contribution >= 0.6 is 11.3 Å². The molecule has 0 radical (unpaired) electrons. The van der Waals surface area contributed by atoms with Crippen molar-refractivity contribution in [3.05, 3.63) is 52.5 Å². The van der Waals surface area contributed by atoms with Gasteiger partial charge in [-0.1, -0.05) is 32.0 Å². The number of rotatable bonds is 8. The monoisotopic (exact) mass is 384 g/mol. The Morgan fingerprint density at radius 1 is 1.19 bits per heavy atom. The van der Waals surface area contributed by atoms with Gasteiger partial charge >= 0.3 is 0 Å². The SMILES string of the molecule is CC(C)C(NC(=O)CCCNC(=O)c1cccs1)c1nc2ccccc2[nH]1. The van der Waals surface area contributed by atoms with Gasteiger partial charge in [0.05, 0.1) is 22.0 Å². The van der Waals surface area contributed by atoms with E-state index in [0.29, 0.717) is 24.3 Å². The fraction of sp³-hybridized carbons (Fsp3) is 0.350. The van der Waals surface area contributed by atoms with Crippen LogP contribution in [0.15, 0.2) is 41.8 Å². The second-order valence-electron chi connectivity index (χ2n) is 6.77. The van der Waals surface area contributed by atoms with E-state index in [-0.39, 0.29) is 23.8 Å². The number of hydrogen-bond acceptors (Lipinski definition) is 4. The Hall–Kier alpha value is -2.67. The van der Waals surface area contributed by atoms with Crippen molar-refractivity contribution < 1.29 is 9.59 Å². The molecule has 0 aliphatic rings. The van der Waals surface area contributed by atoms with Gasteiger partial charge in [-0.2, -0.15) is 0 Å². The summed E-state index contributed by atoms with van der Waals surface area (Å²) in [5, 5.41) is 7.77. The number of aromatic amines is 1. The molecule has 0 bridgehead atoms. The van der Waals surface area contributed by atoms with E-state index in [9.17, 15) is 9.59 Å². The van der Waals surface area contributed by atoms with Gasteiger partial charge in [0.1, 0.15) is 5.82 Å². The number of nitrogens with one attached hydrogen (secondary N) is 3. The van der Waals surface area contributed by atoms with Crippen molar-refractivity contribution >= 4 is 34.2 Å². The third kappa shape index (κ3) is 4.95. The number of hydrogen-bond donors (Lipinski definition) is 3. The summed E-state index contributed by atoms with van der Waals surface area (Å²) < 4.78 is 0. The van der Waals surface area contributed by atoms with E-state index < -0.39 is 0 Å². The third-order valence-corrected chi connectivity index (χ3v) is 5.17. The molecular weight excluding hydrogens is 360 g/mol. The number of benzene rings is 1. The number of fused-ring (bicyclic) bond motifs is 1. The quantitative estimate of drug-likeness (QED) is 0.518. The fourth-order valence-corrected chi connectivity index (χ4v) is 3.50. The van der Waals surface area contributed by atoms with Crippen molar-refractivity contribution in [1.29, 1.82) is 0 Å². The van der Waals surface area contributed by atoms with Crippen LogP contribution in [0.25, 0.3) is 11.0 Å². The molecule has 2 amide bonds. The average molecular weight is 385 g/mol. The van der Waals surface area contributed by atoms with Crippen molar-refractivity contribution in [2.75, 3.05) is 6.54 Å². The second kappa shape index (κ2) is 8.81. The molecule has 142 valence electrons. The lowest BCUT2D eigenvalue weighted by molar-refractivity contribution is -0.122. The van der Waals surface area contributed by atoms with Crippen molar-refractivity contribution in [1.82, 2.24) is 20.6 Å². The molecule has 2 aromatic heterocycles. The largest absolute Gasteiger partial charge is 0.351 e. The number of nitrogens with zero attached hydrogens (tertiary/aromatic N) is 1. The highest BCUT2D eigenvalue weighted by atomic mass is 32.1. The van der Waals surface area contributed by atoms with Crippen LogP contribution in [-0.4, -0.2) is 28.3 Å². The Morgan fingerprint density at radius 3 is 2.70 bits per heavy atom. The molecule has 0 aliphatic heterocycles. The lowest BCUT2D eigenvalue weighted by atomic mass is 10.0. The number of carbonyl (C=O) groups is 2. The zero-order chi connectivity index (χ0) is 19.2. The summed E-state index contributed by atoms with van der Waals surface area (Å²) in [6.07, 6.45) is 0.946. The van der Waals surface area contributed by atoms with E-state index in [1.807, 2.05) is 35.7 Å². The van der Waals surface area contributed by atoms with Gasteiger partial charge in [0.25, 0.3) is 5.91 Å². The van der Waals surface area contributed by atoms with Crippen LogP contribution in [0.4, 0.5) is 0 Å². The molecule has 3 rings (SSSR count). The summed E-state index contributed by atoms with van der Waals surface area (Å²) >= 11 is 1.40. The average Bonchev–Trinajstić information content (AvgIpc) is 3.32. The van der Waals surface area contributed by atoms with Gasteiger partial charge in [-0.3, -0.25) is 9.59 Å². The van der Waals surface area contributed by atoms with E-state index >= 15 is 0 Å². The standard InChI is InChI=1S/C20H24N4O2S/c1-13(2)18(19-22-14-7-3-4-8-15(14)23-19)24-17(25)10-5-11-21-20(26)16-9-6-12-27-16/h3-4,6-9,12-13,18H,5,10-11H2,1-2H3,(H,21,26)(H,22,23)(H,24,25). The van der Waals surface area contributed by atoms with Gasteiger partial charge in [0.2, 0.25) is 5.91 Å². The molecule has 3 aromatic rings. The molecule has 0 fully saturated rings. The number of H-pyrrole nitrogens is 1. The Balaban J connectivity index is 1.50. The molecule has 1 atom stereocenters. The van der Waals surface area contributed by atoms with Crippen molar-refractivity contribution in [3.63, 3.8) is 0 Å². The van der Waals surface area contributed by atoms with E-state index in [0.717, 1.165) is 16.9 Å². The van der Waals surface area contributed by atoms with Crippen LogP contribution in [0.5, 0.6) is 0 Å². The first-order valence-corrected chi connectivity index (χ1v) is 9.98. The molecule has 1 unspecified atom stereocenters. The maximum Gasteiger partial charge on any atom is 0.261 e. The lowest BCUT2D eigenvalue weighted by Crippen LogP contribution is -2.33. The summed E-state index contributed by atoms with van der Waals surface area (Å²) in [6, 6.07) is 11.3. The number of carbonyl (C=O) groups excluding carboxylic acids is 2. The Morgan fingerprint density at radius 2 is 2.00 bits per heavy atom. The molecule has 1 aromatic carbocycles. The molecule has 0 spiro atoms. The number of thiophene rings is 1. The molecular formula is C20H24N4O2S. The predicted molar refractivity (Wildman–Crippen MR) is 108 cm³/mol. The smallest absolute Gasteiger partial charge is 0.261 e. The second-order valence-corrected chi connectivity index (χ2v) is 7.71. The molecule has 0 saturated carbocycles. The number of para-hydroxylation sites is 2. The topological polar surface area (TPSA) is 86.9 Å². The van der Waals surface area contributed by atoms with Crippen LogP contribution in [0, 0.1) is 5.92 Å². The fourth-order valence-electron chi connectivity index (χ4n) is 2.86. The van der Waals surface area contributed by atoms with Gasteiger partial charge in [-0.05, 0) is 35.9 Å². The first-order chi connectivity index (χ1) is 13.0. The molecule has 6 nitrogen and oxygen atoms in total. The number of amides is 2. The summed E-state index contributed by atoms with van der Waals surface area (Å²) in [6.45, 7) is 4.58. The van der Waals surface area contributed by atoms with Crippen molar-refractivity contribution in [2.45, 2.75) is 32.7 Å². The molecule has 3 N–H and O–H groups in total. The Kier molecular flexibility index (Phi) is 6.24. The third-order valence-electron chi connectivity index (χ3n) is 4.30. The highest BCUT2D eigenvalue weighted by Gasteiger charge is 2.21. The van der Waals surface area contributed by atoms with Crippen molar-refractivity contribution in [3.8, 4) is 0 Å². The molecule has 7 heteroatoms. The summed E-state index contributed by atoms with van der Waals surface area (Å²) in [5.41, 5.74) is 1.85. The maximum atomic E-state index is 12.4. The summed E-state index contributed by atoms with van der Waals surface area (Å²) in [4.78, 5) is 32.8. The zero-order valence-electron chi connectivity index (χ0n) is 15.5. The van der Waals surface area contributed by atoms with Gasteiger partial charge < -0.3 is 15.6 Å². The van der Waals surface area contributed by atoms with Crippen LogP contribution in [0.1, 0.15) is 48.2 Å². The van der Waals surface area contributed by atoms with Gasteiger partial charge in [-0.15, -0.1) is 11.3 Å². The van der Waals surface area contributed by atoms with Crippen LogP contribution in [0.3, 0.4) is 0 Å². The minimum Gasteiger partial charge on any atom is -0.351 e. The zero-order valence-corrected chi connectivity index (χ0v) is 16.3. The normalized spacial score (nSPS) is 12.3. The minimum absolute atomic E-state index is 0.0421. The molecule has 2 heterocycles. The van der Waals surface area contributed by atoms with Crippen LogP contribution < -0.4 is 10.6 Å². The van der Waals surface area contributed by atoms with Crippen molar-refractivity contribution in [2.24, 2.45) is 5.92 Å². The van der Waals surface area contributed by atoms with E-state index in [1.165, 1.54) is 11.3 Å². The molecule has 0 aliphatic carbocycles. The van der Waals surface area contributed by atoms with E-state index in [4.69, 9.17) is 0 Å². The van der Waals surface area contributed by atoms with Crippen LogP contribution in [-0.2, 0) is 4.79 Å². The molecule has 0 saturated heterocycles. The van der Waals surface area contributed by atoms with Gasteiger partial charge in [0, 0.05) is 13.0 Å². The Labute approximate surface area is 162 Å². The number of imidazole rings is 1. The summed E-state index contributed by atoms with van der Waals surface area (Å²) in [7, 11) is 0. The lowest BCUT2D eigenvalue weighted by Gasteiger charge is -2.20. The highest BCUT2D eigenvalue weighted by molar-refractivity contribution is 7.12. The maximum absolute atomic E-state index is 12.4. The van der Waals surface area contributed by atoms with Gasteiger partial charge in [0.15, 0.2) is 0 Å². The minimum atomic E-state index is -0.175.